The molecule has 0 unspecified atom stereocenters. The Morgan fingerprint density at radius 2 is 2.13 bits per heavy atom. The van der Waals surface area contributed by atoms with Crippen LogP contribution in [0, 0.1) is 0 Å². The second-order valence-corrected chi connectivity index (χ2v) is 4.20. The Hall–Kier alpha value is -1.35. The number of H-pyrrole nitrogens is 1. The highest BCUT2D eigenvalue weighted by molar-refractivity contribution is 6.31. The lowest BCUT2D eigenvalue weighted by molar-refractivity contribution is 0.776. The fraction of sp³-hybridized carbons (Fsp3) is 0.273. The highest BCUT2D eigenvalue weighted by atomic mass is 35.5. The lowest BCUT2D eigenvalue weighted by atomic mass is 10.2. The molecule has 0 spiro atoms. The number of nitrogens with zero attached hydrogens (tertiary/aromatic N) is 1. The molecule has 0 amide bonds. The number of fused-ring (bicyclic) bond motifs is 1. The highest BCUT2D eigenvalue weighted by Crippen LogP contribution is 2.16. The molecule has 0 fully saturated rings. The first-order valence-electron chi connectivity index (χ1n) is 4.77. The van der Waals surface area contributed by atoms with Crippen molar-refractivity contribution in [1.82, 2.24) is 9.97 Å². The predicted molar refractivity (Wildman–Crippen MR) is 61.5 cm³/mol. The fourth-order valence-corrected chi connectivity index (χ4v) is 1.57. The summed E-state index contributed by atoms with van der Waals surface area (Å²) >= 11 is 5.85. The first kappa shape index (κ1) is 10.2. The van der Waals surface area contributed by atoms with Crippen LogP contribution < -0.4 is 5.56 Å². The maximum Gasteiger partial charge on any atom is 0.258 e. The van der Waals surface area contributed by atoms with E-state index >= 15 is 0 Å². The molecule has 78 valence electrons. The molecule has 0 saturated carbocycles. The lowest BCUT2D eigenvalue weighted by Gasteiger charge is -2.05. The number of hydrogen-bond acceptors (Lipinski definition) is 2. The van der Waals surface area contributed by atoms with E-state index < -0.39 is 0 Å². The molecule has 1 aromatic heterocycles. The van der Waals surface area contributed by atoms with Gasteiger partial charge in [0.2, 0.25) is 0 Å². The van der Waals surface area contributed by atoms with Crippen molar-refractivity contribution in [2.45, 2.75) is 19.8 Å². The Bertz CT molecular complexity index is 560. The number of aromatic nitrogens is 2. The van der Waals surface area contributed by atoms with Gasteiger partial charge in [-0.15, -0.1) is 0 Å². The van der Waals surface area contributed by atoms with Gasteiger partial charge in [-0.25, -0.2) is 4.98 Å². The van der Waals surface area contributed by atoms with Crippen LogP contribution in [0.15, 0.2) is 23.0 Å². The van der Waals surface area contributed by atoms with E-state index in [1.165, 1.54) is 0 Å². The van der Waals surface area contributed by atoms with E-state index in [1.807, 2.05) is 13.8 Å². The van der Waals surface area contributed by atoms with Crippen LogP contribution in [-0.2, 0) is 0 Å². The summed E-state index contributed by atoms with van der Waals surface area (Å²) in [5.41, 5.74) is 0.537. The third-order valence-electron chi connectivity index (χ3n) is 2.23. The molecular formula is C11H11ClN2O. The van der Waals surface area contributed by atoms with Crippen LogP contribution in [0.1, 0.15) is 25.6 Å². The van der Waals surface area contributed by atoms with Crippen molar-refractivity contribution >= 4 is 22.5 Å². The maximum atomic E-state index is 11.7. The smallest absolute Gasteiger partial charge is 0.258 e. The number of benzene rings is 1. The Labute approximate surface area is 92.1 Å². The number of hydrogen-bond donors (Lipinski definition) is 1. The number of nitrogens with one attached hydrogen (secondary N) is 1. The predicted octanol–water partition coefficient (Wildman–Crippen LogP) is 2.70. The zero-order valence-corrected chi connectivity index (χ0v) is 9.30. The van der Waals surface area contributed by atoms with Gasteiger partial charge in [-0.1, -0.05) is 25.4 Å². The quantitative estimate of drug-likeness (QED) is 0.807. The molecule has 0 atom stereocenters. The Morgan fingerprint density at radius 3 is 2.80 bits per heavy atom. The highest BCUT2D eigenvalue weighted by Gasteiger charge is 2.06. The second-order valence-electron chi connectivity index (χ2n) is 3.77. The molecular weight excluding hydrogens is 212 g/mol. The van der Waals surface area contributed by atoms with Crippen LogP contribution in [0.2, 0.25) is 5.02 Å². The third-order valence-corrected chi connectivity index (χ3v) is 2.47. The minimum absolute atomic E-state index is 0.111. The summed E-state index contributed by atoms with van der Waals surface area (Å²) in [5, 5.41) is 1.17. The van der Waals surface area contributed by atoms with E-state index in [1.54, 1.807) is 18.2 Å². The fourth-order valence-electron chi connectivity index (χ4n) is 1.40. The van der Waals surface area contributed by atoms with E-state index in [9.17, 15) is 4.79 Å². The van der Waals surface area contributed by atoms with E-state index in [-0.39, 0.29) is 11.5 Å². The lowest BCUT2D eigenvalue weighted by Crippen LogP contribution is -2.12. The van der Waals surface area contributed by atoms with Crippen molar-refractivity contribution in [2.75, 3.05) is 0 Å². The molecule has 0 aliphatic heterocycles. The summed E-state index contributed by atoms with van der Waals surface area (Å²) in [7, 11) is 0. The van der Waals surface area contributed by atoms with Crippen molar-refractivity contribution < 1.29 is 0 Å². The second kappa shape index (κ2) is 3.66. The average molecular weight is 223 g/mol. The van der Waals surface area contributed by atoms with Gasteiger partial charge < -0.3 is 4.98 Å². The first-order chi connectivity index (χ1) is 7.08. The van der Waals surface area contributed by atoms with Crippen LogP contribution in [-0.4, -0.2) is 9.97 Å². The van der Waals surface area contributed by atoms with Crippen molar-refractivity contribution in [3.63, 3.8) is 0 Å². The van der Waals surface area contributed by atoms with Gasteiger partial charge >= 0.3 is 0 Å². The summed E-state index contributed by atoms with van der Waals surface area (Å²) < 4.78 is 0. The van der Waals surface area contributed by atoms with Gasteiger partial charge in [-0.3, -0.25) is 4.79 Å². The summed E-state index contributed by atoms with van der Waals surface area (Å²) in [6.07, 6.45) is 0. The van der Waals surface area contributed by atoms with Gasteiger partial charge in [0.1, 0.15) is 5.82 Å². The molecule has 3 nitrogen and oxygen atoms in total. The van der Waals surface area contributed by atoms with Crippen LogP contribution in [0.4, 0.5) is 0 Å². The van der Waals surface area contributed by atoms with Crippen molar-refractivity contribution in [2.24, 2.45) is 0 Å². The summed E-state index contributed by atoms with van der Waals surface area (Å²) in [4.78, 5) is 18.8. The molecule has 4 heteroatoms. The molecule has 0 radical (unpaired) electrons. The number of aromatic amines is 1. The zero-order chi connectivity index (χ0) is 11.0. The van der Waals surface area contributed by atoms with Crippen LogP contribution in [0.3, 0.4) is 0 Å². The monoisotopic (exact) mass is 222 g/mol. The molecule has 0 bridgehead atoms. The molecule has 15 heavy (non-hydrogen) atoms. The first-order valence-corrected chi connectivity index (χ1v) is 5.15. The van der Waals surface area contributed by atoms with Gasteiger partial charge in [-0.2, -0.15) is 0 Å². The summed E-state index contributed by atoms with van der Waals surface area (Å²) in [6.45, 7) is 3.96. The molecule has 2 aromatic rings. The Kier molecular flexibility index (Phi) is 2.49. The van der Waals surface area contributed by atoms with Crippen molar-refractivity contribution in [1.29, 1.82) is 0 Å². The van der Waals surface area contributed by atoms with E-state index in [0.717, 1.165) is 0 Å². The van der Waals surface area contributed by atoms with E-state index in [0.29, 0.717) is 21.7 Å². The van der Waals surface area contributed by atoms with E-state index in [4.69, 9.17) is 11.6 Å². The number of halogens is 1. The molecule has 2 rings (SSSR count). The van der Waals surface area contributed by atoms with Gasteiger partial charge in [0.25, 0.3) is 5.56 Å². The zero-order valence-electron chi connectivity index (χ0n) is 8.54. The van der Waals surface area contributed by atoms with Gasteiger partial charge in [0.15, 0.2) is 0 Å². The number of rotatable bonds is 1. The van der Waals surface area contributed by atoms with Gasteiger partial charge in [-0.05, 0) is 18.2 Å². The molecule has 0 aliphatic rings. The molecule has 1 heterocycles. The third kappa shape index (κ3) is 1.88. The standard InChI is InChI=1S/C11H11ClN2O/c1-6(2)10-13-9-5-7(12)3-4-8(9)11(15)14-10/h3-6H,1-2H3,(H,13,14,15). The average Bonchev–Trinajstić information content (AvgIpc) is 2.16. The minimum atomic E-state index is -0.111. The normalized spacial score (nSPS) is 11.2. The topological polar surface area (TPSA) is 45.8 Å². The van der Waals surface area contributed by atoms with E-state index in [2.05, 4.69) is 9.97 Å². The van der Waals surface area contributed by atoms with Gasteiger partial charge in [0, 0.05) is 10.9 Å². The largest absolute Gasteiger partial charge is 0.310 e. The molecule has 1 N–H and O–H groups in total. The summed E-state index contributed by atoms with van der Waals surface area (Å²) in [6, 6.07) is 5.08. The maximum absolute atomic E-state index is 11.7. The SMILES string of the molecule is CC(C)c1nc2cc(Cl)ccc2c(=O)[nH]1. The minimum Gasteiger partial charge on any atom is -0.310 e. The van der Waals surface area contributed by atoms with Gasteiger partial charge in [0.05, 0.1) is 10.9 Å². The Balaban J connectivity index is 2.80. The van der Waals surface area contributed by atoms with Crippen molar-refractivity contribution in [3.05, 3.63) is 39.4 Å². The van der Waals surface area contributed by atoms with Crippen molar-refractivity contribution in [3.8, 4) is 0 Å². The van der Waals surface area contributed by atoms with Crippen LogP contribution in [0.25, 0.3) is 10.9 Å². The Morgan fingerprint density at radius 1 is 1.40 bits per heavy atom. The van der Waals surface area contributed by atoms with Crippen LogP contribution in [0.5, 0.6) is 0 Å². The molecule has 1 aromatic carbocycles. The molecule has 0 aliphatic carbocycles. The molecule has 0 saturated heterocycles. The van der Waals surface area contributed by atoms with Crippen LogP contribution >= 0.6 is 11.6 Å². The summed E-state index contributed by atoms with van der Waals surface area (Å²) in [5.74, 6) is 0.885.